The summed E-state index contributed by atoms with van der Waals surface area (Å²) in [4.78, 5) is 11.1. The summed E-state index contributed by atoms with van der Waals surface area (Å²) in [6, 6.07) is 0. The monoisotopic (exact) mass is 198 g/mol. The molecule has 3 nitrogen and oxygen atoms in total. The van der Waals surface area contributed by atoms with Crippen LogP contribution in [0.4, 0.5) is 0 Å². The van der Waals surface area contributed by atoms with E-state index in [1.165, 1.54) is 0 Å². The summed E-state index contributed by atoms with van der Waals surface area (Å²) in [6.07, 6.45) is 0. The molecule has 2 rings (SSSR count). The Hall–Kier alpha value is -0.570. The maximum Gasteiger partial charge on any atom is 0.306 e. The zero-order valence-electron chi connectivity index (χ0n) is 9.26. The number of ether oxygens (including phenoxy) is 1. The fourth-order valence-electron chi connectivity index (χ4n) is 3.63. The number of carboxylic acids is 1. The molecule has 0 aromatic heterocycles. The van der Waals surface area contributed by atoms with E-state index in [2.05, 4.69) is 20.8 Å². The molecular weight excluding hydrogens is 180 g/mol. The molecule has 3 unspecified atom stereocenters. The average molecular weight is 198 g/mol. The van der Waals surface area contributed by atoms with Crippen LogP contribution in [0.1, 0.15) is 27.7 Å². The Morgan fingerprint density at radius 2 is 1.71 bits per heavy atom. The molecule has 0 radical (unpaired) electrons. The van der Waals surface area contributed by atoms with Crippen molar-refractivity contribution in [1.29, 1.82) is 0 Å². The van der Waals surface area contributed by atoms with Gasteiger partial charge >= 0.3 is 5.97 Å². The van der Waals surface area contributed by atoms with Gasteiger partial charge in [-0.2, -0.15) is 0 Å². The Bertz CT molecular complexity index is 283. The van der Waals surface area contributed by atoms with E-state index in [0.717, 1.165) is 0 Å². The Morgan fingerprint density at radius 3 is 2.07 bits per heavy atom. The third kappa shape index (κ3) is 0.691. The second-order valence-corrected chi connectivity index (χ2v) is 5.42. The highest BCUT2D eigenvalue weighted by molar-refractivity contribution is 5.72. The Kier molecular flexibility index (Phi) is 1.65. The van der Waals surface area contributed by atoms with Crippen molar-refractivity contribution in [3.8, 4) is 0 Å². The Labute approximate surface area is 84.4 Å². The van der Waals surface area contributed by atoms with E-state index in [1.807, 2.05) is 6.92 Å². The van der Waals surface area contributed by atoms with E-state index in [-0.39, 0.29) is 22.2 Å². The van der Waals surface area contributed by atoms with Crippen LogP contribution in [0.3, 0.4) is 0 Å². The van der Waals surface area contributed by atoms with E-state index in [9.17, 15) is 4.79 Å². The van der Waals surface area contributed by atoms with E-state index in [1.54, 1.807) is 0 Å². The lowest BCUT2D eigenvalue weighted by Crippen LogP contribution is -2.29. The second-order valence-electron chi connectivity index (χ2n) is 5.42. The van der Waals surface area contributed by atoms with Gasteiger partial charge in [0.25, 0.3) is 0 Å². The zero-order valence-corrected chi connectivity index (χ0v) is 9.26. The van der Waals surface area contributed by atoms with Crippen molar-refractivity contribution in [2.75, 3.05) is 13.2 Å². The number of rotatable bonds is 2. The first kappa shape index (κ1) is 9.97. The molecule has 0 aromatic rings. The van der Waals surface area contributed by atoms with E-state index in [0.29, 0.717) is 13.2 Å². The van der Waals surface area contributed by atoms with Crippen LogP contribution in [-0.4, -0.2) is 24.3 Å². The predicted octanol–water partition coefficient (Wildman–Crippen LogP) is 1.77. The molecule has 3 heteroatoms. The van der Waals surface area contributed by atoms with Gasteiger partial charge in [-0.3, -0.25) is 4.79 Å². The summed E-state index contributed by atoms with van der Waals surface area (Å²) >= 11 is 0. The molecule has 1 N–H and O–H groups in total. The van der Waals surface area contributed by atoms with Gasteiger partial charge in [0.2, 0.25) is 0 Å². The molecule has 1 aliphatic carbocycles. The number of aliphatic carboxylic acids is 1. The van der Waals surface area contributed by atoms with Crippen molar-refractivity contribution in [3.05, 3.63) is 0 Å². The van der Waals surface area contributed by atoms with E-state index in [4.69, 9.17) is 9.84 Å². The summed E-state index contributed by atoms with van der Waals surface area (Å²) in [5, 5.41) is 9.10. The molecule has 1 saturated heterocycles. The van der Waals surface area contributed by atoms with Crippen LogP contribution in [-0.2, 0) is 9.53 Å². The summed E-state index contributed by atoms with van der Waals surface area (Å²) in [5.74, 6) is -0.981. The van der Waals surface area contributed by atoms with Gasteiger partial charge in [0, 0.05) is 10.8 Å². The van der Waals surface area contributed by atoms with Gasteiger partial charge in [0.15, 0.2) is 0 Å². The van der Waals surface area contributed by atoms with Crippen LogP contribution < -0.4 is 0 Å². The molecule has 3 atom stereocenters. The molecular formula is C11H18O3. The van der Waals surface area contributed by atoms with Gasteiger partial charge in [-0.15, -0.1) is 0 Å². The second kappa shape index (κ2) is 2.32. The fraction of sp³-hybridized carbons (Fsp3) is 0.909. The maximum atomic E-state index is 11.1. The number of hydrogen-bond acceptors (Lipinski definition) is 2. The van der Waals surface area contributed by atoms with Crippen LogP contribution in [0.2, 0.25) is 0 Å². The predicted molar refractivity (Wildman–Crippen MR) is 51.9 cm³/mol. The van der Waals surface area contributed by atoms with Gasteiger partial charge in [0.1, 0.15) is 0 Å². The molecule has 0 amide bonds. The smallest absolute Gasteiger partial charge is 0.306 e. The first-order valence-corrected chi connectivity index (χ1v) is 5.12. The first-order valence-electron chi connectivity index (χ1n) is 5.12. The largest absolute Gasteiger partial charge is 0.481 e. The lowest BCUT2D eigenvalue weighted by atomic mass is 9.82. The molecule has 2 fully saturated rings. The lowest BCUT2D eigenvalue weighted by Gasteiger charge is -2.25. The third-order valence-corrected chi connectivity index (χ3v) is 5.47. The minimum Gasteiger partial charge on any atom is -0.481 e. The standard InChI is InChI=1S/C11H18O3/c1-7(8(12)13)11(4)9(2)5-14-6-10(9,11)3/h7H,5-6H2,1-4H3,(H,12,13). The topological polar surface area (TPSA) is 46.5 Å². The lowest BCUT2D eigenvalue weighted by molar-refractivity contribution is -0.145. The molecule has 1 aliphatic heterocycles. The van der Waals surface area contributed by atoms with Gasteiger partial charge in [-0.25, -0.2) is 0 Å². The molecule has 0 aromatic carbocycles. The van der Waals surface area contributed by atoms with Crippen molar-refractivity contribution in [2.24, 2.45) is 22.2 Å². The quantitative estimate of drug-likeness (QED) is 0.735. The Morgan fingerprint density at radius 1 is 1.29 bits per heavy atom. The number of carbonyl (C=O) groups is 1. The van der Waals surface area contributed by atoms with Crippen LogP contribution in [0.15, 0.2) is 0 Å². The number of carboxylic acid groups (broad SMARTS) is 1. The highest BCUT2D eigenvalue weighted by atomic mass is 16.5. The Balaban J connectivity index is 2.34. The molecule has 1 heterocycles. The van der Waals surface area contributed by atoms with E-state index >= 15 is 0 Å². The highest BCUT2D eigenvalue weighted by Gasteiger charge is 2.84. The van der Waals surface area contributed by atoms with Gasteiger partial charge in [-0.1, -0.05) is 27.7 Å². The summed E-state index contributed by atoms with van der Waals surface area (Å²) in [7, 11) is 0. The maximum absolute atomic E-state index is 11.1. The van der Waals surface area contributed by atoms with Gasteiger partial charge in [-0.05, 0) is 5.41 Å². The fourth-order valence-corrected chi connectivity index (χ4v) is 3.63. The van der Waals surface area contributed by atoms with Crippen molar-refractivity contribution in [3.63, 3.8) is 0 Å². The molecule has 2 aliphatic rings. The van der Waals surface area contributed by atoms with Crippen molar-refractivity contribution < 1.29 is 14.6 Å². The molecule has 14 heavy (non-hydrogen) atoms. The van der Waals surface area contributed by atoms with Crippen LogP contribution >= 0.6 is 0 Å². The van der Waals surface area contributed by atoms with Gasteiger partial charge in [0.05, 0.1) is 19.1 Å². The normalized spacial score (nSPS) is 52.6. The van der Waals surface area contributed by atoms with Gasteiger partial charge < -0.3 is 9.84 Å². The molecule has 1 saturated carbocycles. The highest BCUT2D eigenvalue weighted by Crippen LogP contribution is 2.83. The minimum atomic E-state index is -0.690. The van der Waals surface area contributed by atoms with Crippen molar-refractivity contribution in [1.82, 2.24) is 0 Å². The van der Waals surface area contributed by atoms with E-state index < -0.39 is 5.97 Å². The summed E-state index contributed by atoms with van der Waals surface area (Å²) in [5.41, 5.74) is -0.000301. The third-order valence-electron chi connectivity index (χ3n) is 5.47. The molecule has 0 bridgehead atoms. The van der Waals surface area contributed by atoms with Crippen molar-refractivity contribution in [2.45, 2.75) is 27.7 Å². The minimum absolute atomic E-state index is 0.0534. The van der Waals surface area contributed by atoms with Crippen LogP contribution in [0.25, 0.3) is 0 Å². The molecule has 0 spiro atoms. The average Bonchev–Trinajstić information content (AvgIpc) is 2.42. The molecule has 80 valence electrons. The summed E-state index contributed by atoms with van der Waals surface area (Å²) < 4.78 is 5.44. The zero-order chi connectivity index (χ0) is 10.8. The number of hydrogen-bond donors (Lipinski definition) is 1. The number of fused-ring (bicyclic) bond motifs is 1. The van der Waals surface area contributed by atoms with Crippen molar-refractivity contribution >= 4 is 5.97 Å². The summed E-state index contributed by atoms with van der Waals surface area (Å²) in [6.45, 7) is 9.62. The van der Waals surface area contributed by atoms with Crippen LogP contribution in [0.5, 0.6) is 0 Å². The SMILES string of the molecule is CC(C(=O)O)C1(C)C2(C)COCC21C. The first-order chi connectivity index (χ1) is 6.31. The van der Waals surface area contributed by atoms with Crippen LogP contribution in [0, 0.1) is 22.2 Å².